The Morgan fingerprint density at radius 1 is 0.957 bits per heavy atom. The van der Waals surface area contributed by atoms with E-state index in [1.165, 1.54) is 21.3 Å². The Hall–Kier alpha value is -4.97. The molecule has 4 amide bonds. The monoisotopic (exact) mass is 653 g/mol. The van der Waals surface area contributed by atoms with Gasteiger partial charge in [-0.05, 0) is 87.2 Å². The highest BCUT2D eigenvalue weighted by atomic mass is 32.2. The zero-order chi connectivity index (χ0) is 33.5. The summed E-state index contributed by atoms with van der Waals surface area (Å²) in [6.45, 7) is 1.69. The van der Waals surface area contributed by atoms with E-state index in [1.807, 2.05) is 66.7 Å². The fourth-order valence-electron chi connectivity index (χ4n) is 5.61. The van der Waals surface area contributed by atoms with E-state index in [4.69, 9.17) is 5.10 Å². The minimum absolute atomic E-state index is 0.0337. The van der Waals surface area contributed by atoms with Crippen LogP contribution in [0.2, 0.25) is 0 Å². The molecule has 2 aromatic heterocycles. The van der Waals surface area contributed by atoms with Crippen LogP contribution in [-0.2, 0) is 9.59 Å². The maximum absolute atomic E-state index is 14.0. The molecule has 1 fully saturated rings. The van der Waals surface area contributed by atoms with Crippen molar-refractivity contribution in [2.24, 2.45) is 5.92 Å². The predicted molar refractivity (Wildman–Crippen MR) is 183 cm³/mol. The summed E-state index contributed by atoms with van der Waals surface area (Å²) in [6.07, 6.45) is 8.16. The maximum Gasteiger partial charge on any atom is 0.345 e. The summed E-state index contributed by atoms with van der Waals surface area (Å²) in [5.74, 6) is -0.460. The summed E-state index contributed by atoms with van der Waals surface area (Å²) in [7, 11) is 4.82. The molecule has 0 aliphatic heterocycles. The van der Waals surface area contributed by atoms with E-state index in [-0.39, 0.29) is 29.7 Å². The summed E-state index contributed by atoms with van der Waals surface area (Å²) in [6, 6.07) is 17.3. The van der Waals surface area contributed by atoms with Crippen LogP contribution in [0.4, 0.5) is 4.79 Å². The molecule has 1 atom stereocenters. The summed E-state index contributed by atoms with van der Waals surface area (Å²) >= 11 is 1.41. The molecular formula is C35H39N7O4S. The highest BCUT2D eigenvalue weighted by Crippen LogP contribution is 2.34. The fourth-order valence-corrected chi connectivity index (χ4v) is 6.59. The fraction of sp³-hybridized carbons (Fsp3) is 0.314. The molecule has 2 heterocycles. The third kappa shape index (κ3) is 7.71. The Morgan fingerprint density at radius 3 is 2.40 bits per heavy atom. The van der Waals surface area contributed by atoms with Gasteiger partial charge in [-0.2, -0.15) is 9.78 Å². The highest BCUT2D eigenvalue weighted by Gasteiger charge is 2.30. The third-order valence-corrected chi connectivity index (χ3v) is 9.57. The van der Waals surface area contributed by atoms with Gasteiger partial charge in [-0.25, -0.2) is 4.79 Å². The molecule has 0 spiro atoms. The Labute approximate surface area is 278 Å². The largest absolute Gasteiger partial charge is 0.359 e. The number of carbonyl (C=O) groups is 4. The van der Waals surface area contributed by atoms with Gasteiger partial charge in [0.05, 0.1) is 22.5 Å². The van der Waals surface area contributed by atoms with E-state index in [0.717, 1.165) is 20.9 Å². The van der Waals surface area contributed by atoms with Crippen LogP contribution < -0.4 is 16.0 Å². The van der Waals surface area contributed by atoms with Crippen LogP contribution >= 0.6 is 11.8 Å². The molecule has 1 aliphatic carbocycles. The van der Waals surface area contributed by atoms with Gasteiger partial charge in [0.2, 0.25) is 11.8 Å². The minimum atomic E-state index is -0.775. The molecule has 0 saturated heterocycles. The Bertz CT molecular complexity index is 1800. The Kier molecular flexibility index (Phi) is 10.7. The summed E-state index contributed by atoms with van der Waals surface area (Å²) < 4.78 is 1.32. The van der Waals surface area contributed by atoms with Crippen molar-refractivity contribution < 1.29 is 19.2 Å². The van der Waals surface area contributed by atoms with Crippen LogP contribution in [-0.4, -0.2) is 76.6 Å². The first-order valence-electron chi connectivity index (χ1n) is 15.6. The van der Waals surface area contributed by atoms with E-state index in [1.54, 1.807) is 40.3 Å². The van der Waals surface area contributed by atoms with Crippen molar-refractivity contribution in [3.63, 3.8) is 0 Å². The minimum Gasteiger partial charge on any atom is -0.359 e. The standard InChI is InChI=1S/C35H39N7O4S/c1-22(32(43)39-25-14-12-23(13-15-25)33(44)36-2)41(4)35(46)42-30-21-26(47-31-11-6-5-10-28(31)34(45)37-3)17-18-27(30)29(40-42)19-16-24-9-7-8-20-38-24/h5-11,16-23,25H,12-15H2,1-4H3,(H,36,44)(H,37,45)(H,39,43)/b19-16+/t22-,23-,25-/m0/s1. The van der Waals surface area contributed by atoms with Crippen molar-refractivity contribution in [3.05, 3.63) is 83.8 Å². The van der Waals surface area contributed by atoms with Gasteiger partial charge in [0.1, 0.15) is 6.04 Å². The topological polar surface area (TPSA) is 138 Å². The average Bonchev–Trinajstić information content (AvgIpc) is 3.47. The molecule has 3 N–H and O–H groups in total. The number of amides is 4. The van der Waals surface area contributed by atoms with Gasteiger partial charge < -0.3 is 20.9 Å². The summed E-state index contributed by atoms with van der Waals surface area (Å²) in [4.78, 5) is 59.1. The van der Waals surface area contributed by atoms with Crippen LogP contribution in [0.25, 0.3) is 23.1 Å². The second kappa shape index (κ2) is 15.1. The Morgan fingerprint density at radius 2 is 1.70 bits per heavy atom. The van der Waals surface area contributed by atoms with Crippen molar-refractivity contribution in [1.82, 2.24) is 35.6 Å². The number of hydrogen-bond acceptors (Lipinski definition) is 7. The number of nitrogens with one attached hydrogen (secondary N) is 3. The van der Waals surface area contributed by atoms with Gasteiger partial charge in [-0.15, -0.1) is 0 Å². The van der Waals surface area contributed by atoms with Crippen LogP contribution in [0, 0.1) is 5.92 Å². The lowest BCUT2D eigenvalue weighted by Crippen LogP contribution is -2.50. The van der Waals surface area contributed by atoms with Crippen molar-refractivity contribution in [3.8, 4) is 0 Å². The van der Waals surface area contributed by atoms with Crippen LogP contribution in [0.15, 0.2) is 76.7 Å². The van der Waals surface area contributed by atoms with E-state index < -0.39 is 12.1 Å². The number of aromatic nitrogens is 3. The molecule has 244 valence electrons. The number of nitrogens with zero attached hydrogens (tertiary/aromatic N) is 4. The van der Waals surface area contributed by atoms with Crippen LogP contribution in [0.1, 0.15) is 54.4 Å². The molecular weight excluding hydrogens is 614 g/mol. The van der Waals surface area contributed by atoms with E-state index in [2.05, 4.69) is 20.9 Å². The number of hydrogen-bond donors (Lipinski definition) is 3. The van der Waals surface area contributed by atoms with E-state index in [9.17, 15) is 19.2 Å². The quantitative estimate of drug-likeness (QED) is 0.236. The molecule has 5 rings (SSSR count). The first-order chi connectivity index (χ1) is 22.7. The molecule has 1 aliphatic rings. The third-order valence-electron chi connectivity index (χ3n) is 8.50. The molecule has 0 unspecified atom stereocenters. The van der Waals surface area contributed by atoms with Gasteiger partial charge >= 0.3 is 6.03 Å². The number of likely N-dealkylation sites (N-methyl/N-ethyl adjacent to an activating group) is 1. The maximum atomic E-state index is 14.0. The lowest BCUT2D eigenvalue weighted by Gasteiger charge is -2.30. The molecule has 11 nitrogen and oxygen atoms in total. The normalized spacial score (nSPS) is 16.9. The van der Waals surface area contributed by atoms with Crippen LogP contribution in [0.5, 0.6) is 0 Å². The van der Waals surface area contributed by atoms with Gasteiger partial charge in [-0.1, -0.05) is 30.0 Å². The molecule has 0 radical (unpaired) electrons. The Balaban J connectivity index is 1.41. The SMILES string of the molecule is CNC(=O)c1ccccc1Sc1ccc2c(/C=C/c3ccccn3)nn(C(=O)N(C)[C@@H](C)C(=O)N[C@H]3CC[C@H](C(=O)NC)CC3)c2c1. The molecule has 4 aromatic rings. The molecule has 47 heavy (non-hydrogen) atoms. The van der Waals surface area contributed by atoms with E-state index in [0.29, 0.717) is 42.5 Å². The zero-order valence-electron chi connectivity index (χ0n) is 26.9. The molecule has 12 heteroatoms. The van der Waals surface area contributed by atoms with Gasteiger partial charge in [0.15, 0.2) is 0 Å². The highest BCUT2D eigenvalue weighted by molar-refractivity contribution is 7.99. The predicted octanol–water partition coefficient (Wildman–Crippen LogP) is 4.82. The molecule has 0 bridgehead atoms. The van der Waals surface area contributed by atoms with Crippen molar-refractivity contribution in [2.45, 2.75) is 54.5 Å². The van der Waals surface area contributed by atoms with Gasteiger partial charge in [0.25, 0.3) is 5.91 Å². The van der Waals surface area contributed by atoms with Crippen molar-refractivity contribution in [1.29, 1.82) is 0 Å². The smallest absolute Gasteiger partial charge is 0.345 e. The second-order valence-electron chi connectivity index (χ2n) is 11.5. The van der Waals surface area contributed by atoms with Crippen LogP contribution in [0.3, 0.4) is 0 Å². The lowest BCUT2D eigenvalue weighted by atomic mass is 9.85. The number of pyridine rings is 1. The zero-order valence-corrected chi connectivity index (χ0v) is 27.7. The first-order valence-corrected chi connectivity index (χ1v) is 16.4. The van der Waals surface area contributed by atoms with Gasteiger partial charge in [0, 0.05) is 54.5 Å². The molecule has 1 saturated carbocycles. The number of rotatable bonds is 9. The number of carbonyl (C=O) groups excluding carboxylic acids is 4. The summed E-state index contributed by atoms with van der Waals surface area (Å²) in [5.41, 5.74) is 2.42. The second-order valence-corrected chi connectivity index (χ2v) is 12.6. The van der Waals surface area contributed by atoms with Gasteiger partial charge in [-0.3, -0.25) is 19.4 Å². The summed E-state index contributed by atoms with van der Waals surface area (Å²) in [5, 5.41) is 13.9. The first kappa shape index (κ1) is 33.4. The lowest BCUT2D eigenvalue weighted by molar-refractivity contribution is -0.126. The number of benzene rings is 2. The van der Waals surface area contributed by atoms with Crippen molar-refractivity contribution in [2.75, 3.05) is 21.1 Å². The molecule has 2 aromatic carbocycles. The van der Waals surface area contributed by atoms with Crippen molar-refractivity contribution >= 4 is 58.6 Å². The number of fused-ring (bicyclic) bond motifs is 1. The van der Waals surface area contributed by atoms with E-state index >= 15 is 0 Å². The average molecular weight is 654 g/mol.